The van der Waals surface area contributed by atoms with Crippen molar-refractivity contribution in [2.45, 2.75) is 19.3 Å². The van der Waals surface area contributed by atoms with Crippen LogP contribution in [0.3, 0.4) is 0 Å². The van der Waals surface area contributed by atoms with Crippen LogP contribution in [0.2, 0.25) is 0 Å². The van der Waals surface area contributed by atoms with Crippen molar-refractivity contribution in [1.82, 2.24) is 15.4 Å². The lowest BCUT2D eigenvalue weighted by Gasteiger charge is -2.26. The number of carbonyl (C=O) groups excluding carboxylic acids is 1. The van der Waals surface area contributed by atoms with Crippen molar-refractivity contribution in [1.29, 1.82) is 0 Å². The van der Waals surface area contributed by atoms with Crippen LogP contribution in [0, 0.1) is 0 Å². The van der Waals surface area contributed by atoms with Gasteiger partial charge in [0.15, 0.2) is 11.5 Å². The van der Waals surface area contributed by atoms with Crippen LogP contribution in [0.25, 0.3) is 10.6 Å². The van der Waals surface area contributed by atoms with Crippen molar-refractivity contribution in [3.63, 3.8) is 0 Å². The Morgan fingerprint density at radius 2 is 2.17 bits per heavy atom. The summed E-state index contributed by atoms with van der Waals surface area (Å²) in [5.41, 5.74) is 0.340. The standard InChI is InChI=1S/C17H23N3O3S/c21-17(14-13-15(23-19-14)16-5-4-12-24-16)18-6-2-1-3-7-20-8-10-22-11-9-20/h4-5,12-13H,1-3,6-11H2,(H,18,21). The normalized spacial score (nSPS) is 15.5. The lowest BCUT2D eigenvalue weighted by molar-refractivity contribution is 0.0371. The van der Waals surface area contributed by atoms with Crippen LogP contribution in [0.5, 0.6) is 0 Å². The Morgan fingerprint density at radius 3 is 2.96 bits per heavy atom. The lowest BCUT2D eigenvalue weighted by atomic mass is 10.2. The van der Waals surface area contributed by atoms with Gasteiger partial charge in [0.2, 0.25) is 0 Å². The van der Waals surface area contributed by atoms with Crippen molar-refractivity contribution < 1.29 is 14.1 Å². The minimum Gasteiger partial charge on any atom is -0.379 e. The van der Waals surface area contributed by atoms with Crippen molar-refractivity contribution in [2.24, 2.45) is 0 Å². The molecule has 0 bridgehead atoms. The second-order valence-electron chi connectivity index (χ2n) is 5.82. The molecule has 0 aliphatic carbocycles. The first-order chi connectivity index (χ1) is 11.8. The summed E-state index contributed by atoms with van der Waals surface area (Å²) >= 11 is 1.56. The maximum Gasteiger partial charge on any atom is 0.273 e. The molecule has 0 saturated carbocycles. The zero-order chi connectivity index (χ0) is 16.6. The first-order valence-electron chi connectivity index (χ1n) is 8.42. The number of thiophene rings is 1. The third kappa shape index (κ3) is 4.90. The summed E-state index contributed by atoms with van der Waals surface area (Å²) in [4.78, 5) is 15.5. The number of aromatic nitrogens is 1. The number of morpholine rings is 1. The Hall–Kier alpha value is -1.70. The van der Waals surface area contributed by atoms with E-state index in [1.165, 1.54) is 0 Å². The fourth-order valence-electron chi connectivity index (χ4n) is 2.67. The molecule has 1 saturated heterocycles. The predicted molar refractivity (Wildman–Crippen MR) is 93.3 cm³/mol. The highest BCUT2D eigenvalue weighted by molar-refractivity contribution is 7.13. The SMILES string of the molecule is O=C(NCCCCCN1CCOCC1)c1cc(-c2cccs2)on1. The van der Waals surface area contributed by atoms with Crippen LogP contribution >= 0.6 is 11.3 Å². The average Bonchev–Trinajstić information content (AvgIpc) is 3.29. The first kappa shape index (κ1) is 17.1. The van der Waals surface area contributed by atoms with Gasteiger partial charge in [0, 0.05) is 25.7 Å². The highest BCUT2D eigenvalue weighted by Crippen LogP contribution is 2.24. The number of rotatable bonds is 8. The smallest absolute Gasteiger partial charge is 0.273 e. The van der Waals surface area contributed by atoms with E-state index in [2.05, 4.69) is 15.4 Å². The van der Waals surface area contributed by atoms with Crippen molar-refractivity contribution >= 4 is 17.2 Å². The van der Waals surface area contributed by atoms with Crippen LogP contribution in [0.15, 0.2) is 28.1 Å². The number of hydrogen-bond acceptors (Lipinski definition) is 6. The highest BCUT2D eigenvalue weighted by Gasteiger charge is 2.14. The number of nitrogens with one attached hydrogen (secondary N) is 1. The Balaban J connectivity index is 1.31. The largest absolute Gasteiger partial charge is 0.379 e. The zero-order valence-electron chi connectivity index (χ0n) is 13.7. The molecule has 2 aromatic rings. The zero-order valence-corrected chi connectivity index (χ0v) is 14.5. The average molecular weight is 349 g/mol. The van der Waals surface area contributed by atoms with E-state index in [4.69, 9.17) is 9.26 Å². The quantitative estimate of drug-likeness (QED) is 0.742. The van der Waals surface area contributed by atoms with Gasteiger partial charge in [0.05, 0.1) is 18.1 Å². The summed E-state index contributed by atoms with van der Waals surface area (Å²) in [6, 6.07) is 5.58. The van der Waals surface area contributed by atoms with Crippen LogP contribution in [0.4, 0.5) is 0 Å². The van der Waals surface area contributed by atoms with Gasteiger partial charge in [0.25, 0.3) is 5.91 Å². The molecule has 3 rings (SSSR count). The van der Waals surface area contributed by atoms with E-state index in [0.29, 0.717) is 18.0 Å². The molecule has 3 heterocycles. The molecule has 0 atom stereocenters. The molecule has 0 unspecified atom stereocenters. The minimum atomic E-state index is -0.172. The van der Waals surface area contributed by atoms with E-state index < -0.39 is 0 Å². The number of ether oxygens (including phenoxy) is 1. The lowest BCUT2D eigenvalue weighted by Crippen LogP contribution is -2.36. The highest BCUT2D eigenvalue weighted by atomic mass is 32.1. The van der Waals surface area contributed by atoms with Gasteiger partial charge in [-0.3, -0.25) is 9.69 Å². The molecule has 1 amide bonds. The van der Waals surface area contributed by atoms with Gasteiger partial charge in [-0.15, -0.1) is 11.3 Å². The Bertz CT molecular complexity index is 621. The maximum absolute atomic E-state index is 12.1. The van der Waals surface area contributed by atoms with Crippen LogP contribution < -0.4 is 5.32 Å². The molecule has 1 N–H and O–H groups in total. The summed E-state index contributed by atoms with van der Waals surface area (Å²) in [6.07, 6.45) is 3.24. The van der Waals surface area contributed by atoms with Crippen LogP contribution in [0.1, 0.15) is 29.8 Å². The monoisotopic (exact) mass is 349 g/mol. The third-order valence-electron chi connectivity index (χ3n) is 4.05. The topological polar surface area (TPSA) is 67.6 Å². The Kier molecular flexibility index (Phi) is 6.40. The van der Waals surface area contributed by atoms with E-state index in [1.807, 2.05) is 17.5 Å². The second-order valence-corrected chi connectivity index (χ2v) is 6.77. The van der Waals surface area contributed by atoms with Gasteiger partial charge < -0.3 is 14.6 Å². The molecule has 2 aromatic heterocycles. The van der Waals surface area contributed by atoms with Gasteiger partial charge >= 0.3 is 0 Å². The Labute approximate surface area is 145 Å². The molecular weight excluding hydrogens is 326 g/mol. The molecular formula is C17H23N3O3S. The van der Waals surface area contributed by atoms with E-state index in [0.717, 1.165) is 57.0 Å². The number of carbonyl (C=O) groups is 1. The van der Waals surface area contributed by atoms with E-state index in [-0.39, 0.29) is 5.91 Å². The van der Waals surface area contributed by atoms with E-state index in [1.54, 1.807) is 17.4 Å². The molecule has 0 spiro atoms. The number of hydrogen-bond donors (Lipinski definition) is 1. The molecule has 1 aliphatic heterocycles. The number of amides is 1. The number of unbranched alkanes of at least 4 members (excludes halogenated alkanes) is 2. The van der Waals surface area contributed by atoms with Crippen LogP contribution in [-0.2, 0) is 4.74 Å². The molecule has 1 aliphatic rings. The summed E-state index contributed by atoms with van der Waals surface area (Å²) < 4.78 is 10.6. The minimum absolute atomic E-state index is 0.172. The van der Waals surface area contributed by atoms with Crippen LogP contribution in [-0.4, -0.2) is 55.4 Å². The molecule has 130 valence electrons. The molecule has 1 fully saturated rings. The molecule has 24 heavy (non-hydrogen) atoms. The van der Waals surface area contributed by atoms with E-state index in [9.17, 15) is 4.79 Å². The van der Waals surface area contributed by atoms with Gasteiger partial charge in [0.1, 0.15) is 0 Å². The summed E-state index contributed by atoms with van der Waals surface area (Å²) in [6.45, 7) is 5.56. The van der Waals surface area contributed by atoms with Crippen molar-refractivity contribution in [2.75, 3.05) is 39.4 Å². The van der Waals surface area contributed by atoms with Crippen molar-refractivity contribution in [3.8, 4) is 10.6 Å². The van der Waals surface area contributed by atoms with Crippen molar-refractivity contribution in [3.05, 3.63) is 29.3 Å². The fraction of sp³-hybridized carbons (Fsp3) is 0.529. The summed E-state index contributed by atoms with van der Waals surface area (Å²) in [5.74, 6) is 0.468. The third-order valence-corrected chi connectivity index (χ3v) is 4.93. The number of nitrogens with zero attached hydrogens (tertiary/aromatic N) is 2. The summed E-state index contributed by atoms with van der Waals surface area (Å²) in [7, 11) is 0. The molecule has 0 aromatic carbocycles. The van der Waals surface area contributed by atoms with Gasteiger partial charge in [-0.1, -0.05) is 17.6 Å². The van der Waals surface area contributed by atoms with Gasteiger partial charge in [-0.05, 0) is 30.8 Å². The second kappa shape index (κ2) is 8.96. The maximum atomic E-state index is 12.1. The molecule has 0 radical (unpaired) electrons. The van der Waals surface area contributed by atoms with Gasteiger partial charge in [-0.25, -0.2) is 0 Å². The summed E-state index contributed by atoms with van der Waals surface area (Å²) in [5, 5.41) is 8.72. The predicted octanol–water partition coefficient (Wildman–Crippen LogP) is 2.64. The van der Waals surface area contributed by atoms with E-state index >= 15 is 0 Å². The molecule has 6 nitrogen and oxygen atoms in total. The molecule has 7 heteroatoms. The first-order valence-corrected chi connectivity index (χ1v) is 9.30. The van der Waals surface area contributed by atoms with Gasteiger partial charge in [-0.2, -0.15) is 0 Å². The fourth-order valence-corrected chi connectivity index (χ4v) is 3.34. The Morgan fingerprint density at radius 1 is 1.29 bits per heavy atom.